The highest BCUT2D eigenvalue weighted by molar-refractivity contribution is 7.16. The second-order valence-electron chi connectivity index (χ2n) is 5.33. The lowest BCUT2D eigenvalue weighted by Gasteiger charge is -2.37. The fourth-order valence-corrected chi connectivity index (χ4v) is 3.60. The normalized spacial score (nSPS) is 23.8. The summed E-state index contributed by atoms with van der Waals surface area (Å²) in [6, 6.07) is 2.60. The van der Waals surface area contributed by atoms with Crippen LogP contribution in [0.3, 0.4) is 0 Å². The summed E-state index contributed by atoms with van der Waals surface area (Å²) >= 11 is 1.62. The zero-order chi connectivity index (χ0) is 13.4. The first-order valence-electron chi connectivity index (χ1n) is 6.67. The van der Waals surface area contributed by atoms with E-state index in [2.05, 4.69) is 45.6 Å². The smallest absolute Gasteiger partial charge is 0.240 e. The van der Waals surface area contributed by atoms with Crippen molar-refractivity contribution in [3.05, 3.63) is 11.4 Å². The van der Waals surface area contributed by atoms with Crippen molar-refractivity contribution in [3.63, 3.8) is 0 Å². The number of nitrogens with two attached hydrogens (primary N) is 1. The van der Waals surface area contributed by atoms with Crippen LogP contribution in [-0.2, 0) is 0 Å². The van der Waals surface area contributed by atoms with Gasteiger partial charge < -0.3 is 4.90 Å². The lowest BCUT2D eigenvalue weighted by atomic mass is 9.93. The summed E-state index contributed by atoms with van der Waals surface area (Å²) in [5.74, 6) is 7.77. The standard InChI is InChI=1S/C13H19N5S/c1-8-3-5-18(9(2)7-8)11-10-4-6-19-12(10)16-13(15-11)17-14/h4,6,8-9H,3,5,7,14H2,1-2H3,(H,15,16,17). The van der Waals surface area contributed by atoms with Gasteiger partial charge >= 0.3 is 0 Å². The van der Waals surface area contributed by atoms with Crippen LogP contribution in [0.25, 0.3) is 10.2 Å². The second-order valence-corrected chi connectivity index (χ2v) is 6.22. The number of piperidine rings is 1. The molecule has 2 aromatic heterocycles. The molecule has 1 fully saturated rings. The Morgan fingerprint density at radius 2 is 2.26 bits per heavy atom. The number of rotatable bonds is 2. The van der Waals surface area contributed by atoms with Crippen molar-refractivity contribution in [2.75, 3.05) is 16.9 Å². The van der Waals surface area contributed by atoms with Crippen molar-refractivity contribution in [1.82, 2.24) is 9.97 Å². The van der Waals surface area contributed by atoms with Gasteiger partial charge in [-0.05, 0) is 37.1 Å². The first-order chi connectivity index (χ1) is 9.19. The number of thiophene rings is 1. The number of nitrogens with one attached hydrogen (secondary N) is 1. The zero-order valence-electron chi connectivity index (χ0n) is 11.3. The summed E-state index contributed by atoms with van der Waals surface area (Å²) in [5, 5.41) is 3.19. The SMILES string of the molecule is CC1CCN(c2nc(NN)nc3sccc23)C(C)C1. The molecule has 2 unspecified atom stereocenters. The molecule has 2 atom stereocenters. The summed E-state index contributed by atoms with van der Waals surface area (Å²) in [6.07, 6.45) is 2.42. The van der Waals surface area contributed by atoms with Crippen molar-refractivity contribution in [1.29, 1.82) is 0 Å². The van der Waals surface area contributed by atoms with E-state index in [0.717, 1.165) is 28.5 Å². The lowest BCUT2D eigenvalue weighted by molar-refractivity contribution is 0.376. The zero-order valence-corrected chi connectivity index (χ0v) is 12.1. The number of hydrogen-bond donors (Lipinski definition) is 2. The van der Waals surface area contributed by atoms with Crippen LogP contribution in [0.2, 0.25) is 0 Å². The van der Waals surface area contributed by atoms with E-state index >= 15 is 0 Å². The molecule has 3 heterocycles. The molecular weight excluding hydrogens is 258 g/mol. The Morgan fingerprint density at radius 1 is 1.42 bits per heavy atom. The lowest BCUT2D eigenvalue weighted by Crippen LogP contribution is -2.41. The summed E-state index contributed by atoms with van der Waals surface area (Å²) in [4.78, 5) is 12.3. The summed E-state index contributed by atoms with van der Waals surface area (Å²) in [7, 11) is 0. The Balaban J connectivity index is 2.05. The minimum absolute atomic E-state index is 0.496. The third-order valence-corrected chi connectivity index (χ3v) is 4.65. The maximum absolute atomic E-state index is 5.48. The molecule has 0 saturated carbocycles. The molecule has 6 heteroatoms. The van der Waals surface area contributed by atoms with Gasteiger partial charge in [0.2, 0.25) is 5.95 Å². The summed E-state index contributed by atoms with van der Waals surface area (Å²) in [5.41, 5.74) is 2.57. The molecule has 2 aromatic rings. The van der Waals surface area contributed by atoms with Crippen LogP contribution >= 0.6 is 11.3 Å². The van der Waals surface area contributed by atoms with E-state index < -0.39 is 0 Å². The first-order valence-corrected chi connectivity index (χ1v) is 7.55. The van der Waals surface area contributed by atoms with Crippen molar-refractivity contribution in [2.24, 2.45) is 11.8 Å². The molecule has 0 spiro atoms. The average Bonchev–Trinajstić information content (AvgIpc) is 2.86. The van der Waals surface area contributed by atoms with Crippen LogP contribution in [0, 0.1) is 5.92 Å². The van der Waals surface area contributed by atoms with Crippen molar-refractivity contribution >= 4 is 33.3 Å². The van der Waals surface area contributed by atoms with E-state index in [4.69, 9.17) is 5.84 Å². The summed E-state index contributed by atoms with van der Waals surface area (Å²) in [6.45, 7) is 5.64. The number of hydrogen-bond acceptors (Lipinski definition) is 6. The number of hydrazine groups is 1. The van der Waals surface area contributed by atoms with Crippen LogP contribution in [0.4, 0.5) is 11.8 Å². The van der Waals surface area contributed by atoms with Crippen LogP contribution in [-0.4, -0.2) is 22.6 Å². The molecule has 5 nitrogen and oxygen atoms in total. The number of anilines is 2. The fraction of sp³-hybridized carbons (Fsp3) is 0.538. The molecule has 1 aliphatic heterocycles. The quantitative estimate of drug-likeness (QED) is 0.652. The van der Waals surface area contributed by atoms with Gasteiger partial charge in [0.05, 0.1) is 5.39 Å². The third kappa shape index (κ3) is 2.26. The minimum Gasteiger partial charge on any atom is -0.353 e. The molecule has 0 radical (unpaired) electrons. The highest BCUT2D eigenvalue weighted by atomic mass is 32.1. The van der Waals surface area contributed by atoms with Crippen LogP contribution < -0.4 is 16.2 Å². The number of fused-ring (bicyclic) bond motifs is 1. The highest BCUT2D eigenvalue weighted by Crippen LogP contribution is 2.33. The molecule has 3 rings (SSSR count). The first kappa shape index (κ1) is 12.6. The van der Waals surface area contributed by atoms with Crippen LogP contribution in [0.15, 0.2) is 11.4 Å². The molecule has 19 heavy (non-hydrogen) atoms. The van der Waals surface area contributed by atoms with Gasteiger partial charge in [-0.25, -0.2) is 10.8 Å². The van der Waals surface area contributed by atoms with Gasteiger partial charge in [0.25, 0.3) is 0 Å². The highest BCUT2D eigenvalue weighted by Gasteiger charge is 2.26. The van der Waals surface area contributed by atoms with Gasteiger partial charge in [-0.1, -0.05) is 6.92 Å². The molecule has 0 amide bonds. The average molecular weight is 277 g/mol. The number of nitrogens with zero attached hydrogens (tertiary/aromatic N) is 3. The molecule has 0 aliphatic carbocycles. The maximum Gasteiger partial charge on any atom is 0.240 e. The van der Waals surface area contributed by atoms with E-state index in [-0.39, 0.29) is 0 Å². The van der Waals surface area contributed by atoms with Gasteiger partial charge in [-0.15, -0.1) is 11.3 Å². The van der Waals surface area contributed by atoms with Gasteiger partial charge in [0.15, 0.2) is 0 Å². The van der Waals surface area contributed by atoms with Gasteiger partial charge in [0.1, 0.15) is 10.6 Å². The third-order valence-electron chi connectivity index (χ3n) is 3.84. The molecular formula is C13H19N5S. The van der Waals surface area contributed by atoms with E-state index in [9.17, 15) is 0 Å². The Hall–Kier alpha value is -1.40. The Labute approximate surface area is 116 Å². The van der Waals surface area contributed by atoms with Crippen molar-refractivity contribution in [3.8, 4) is 0 Å². The van der Waals surface area contributed by atoms with Gasteiger partial charge in [0, 0.05) is 12.6 Å². The van der Waals surface area contributed by atoms with E-state index in [1.807, 2.05) is 0 Å². The molecule has 0 bridgehead atoms. The molecule has 3 N–H and O–H groups in total. The topological polar surface area (TPSA) is 67.1 Å². The fourth-order valence-electron chi connectivity index (χ4n) is 2.85. The Kier molecular flexibility index (Phi) is 3.28. The van der Waals surface area contributed by atoms with E-state index in [1.165, 1.54) is 12.8 Å². The maximum atomic E-state index is 5.48. The minimum atomic E-state index is 0.496. The van der Waals surface area contributed by atoms with Crippen molar-refractivity contribution < 1.29 is 0 Å². The van der Waals surface area contributed by atoms with Gasteiger partial charge in [-0.3, -0.25) is 5.43 Å². The number of aromatic nitrogens is 2. The van der Waals surface area contributed by atoms with E-state index in [1.54, 1.807) is 11.3 Å². The Morgan fingerprint density at radius 3 is 3.00 bits per heavy atom. The molecule has 0 aromatic carbocycles. The van der Waals surface area contributed by atoms with Gasteiger partial charge in [-0.2, -0.15) is 4.98 Å². The molecule has 1 aliphatic rings. The van der Waals surface area contributed by atoms with Crippen molar-refractivity contribution in [2.45, 2.75) is 32.7 Å². The number of nitrogen functional groups attached to an aromatic ring is 1. The molecule has 102 valence electrons. The monoisotopic (exact) mass is 277 g/mol. The van der Waals surface area contributed by atoms with Crippen LogP contribution in [0.5, 0.6) is 0 Å². The predicted molar refractivity (Wildman–Crippen MR) is 80.4 cm³/mol. The van der Waals surface area contributed by atoms with Crippen LogP contribution in [0.1, 0.15) is 26.7 Å². The predicted octanol–water partition coefficient (Wildman–Crippen LogP) is 2.60. The largest absolute Gasteiger partial charge is 0.353 e. The summed E-state index contributed by atoms with van der Waals surface area (Å²) < 4.78 is 0. The molecule has 1 saturated heterocycles. The van der Waals surface area contributed by atoms with E-state index in [0.29, 0.717) is 12.0 Å². The Bertz CT molecular complexity index is 581. The second kappa shape index (κ2) is 4.94.